The number of para-hydroxylation sites is 1. The number of halogens is 1. The lowest BCUT2D eigenvalue weighted by molar-refractivity contribution is -0.120. The number of nitrogens with zero attached hydrogens (tertiary/aromatic N) is 2. The van der Waals surface area contributed by atoms with E-state index in [4.69, 9.17) is 17.3 Å². The SMILES string of the molecule is CC(C(N)=O)n1c(CCl)nc2ccccc2c1=O. The molecular formula is C12H12ClN3O2. The molecule has 0 aliphatic carbocycles. The molecule has 1 atom stereocenters. The Morgan fingerprint density at radius 2 is 2.17 bits per heavy atom. The molecule has 1 amide bonds. The van der Waals surface area contributed by atoms with Crippen molar-refractivity contribution in [3.63, 3.8) is 0 Å². The molecule has 94 valence electrons. The highest BCUT2D eigenvalue weighted by Gasteiger charge is 2.18. The average molecular weight is 266 g/mol. The maximum Gasteiger partial charge on any atom is 0.262 e. The Hall–Kier alpha value is -1.88. The minimum Gasteiger partial charge on any atom is -0.368 e. The van der Waals surface area contributed by atoms with Crippen molar-refractivity contribution in [1.29, 1.82) is 0 Å². The Balaban J connectivity index is 2.82. The molecular weight excluding hydrogens is 254 g/mol. The Morgan fingerprint density at radius 1 is 1.50 bits per heavy atom. The van der Waals surface area contributed by atoms with Gasteiger partial charge in [-0.25, -0.2) is 4.98 Å². The zero-order valence-electron chi connectivity index (χ0n) is 9.76. The molecule has 0 bridgehead atoms. The summed E-state index contributed by atoms with van der Waals surface area (Å²) in [6.07, 6.45) is 0. The predicted octanol–water partition coefficient (Wildman–Crippen LogP) is 1.18. The van der Waals surface area contributed by atoms with E-state index in [0.29, 0.717) is 16.7 Å². The van der Waals surface area contributed by atoms with Gasteiger partial charge in [-0.05, 0) is 19.1 Å². The number of alkyl halides is 1. The standard InChI is InChI=1S/C12H12ClN3O2/c1-7(11(14)17)16-10(6-13)15-9-5-3-2-4-8(9)12(16)18/h2-5,7H,6H2,1H3,(H2,14,17). The van der Waals surface area contributed by atoms with Crippen molar-refractivity contribution >= 4 is 28.4 Å². The van der Waals surface area contributed by atoms with Crippen LogP contribution in [0.1, 0.15) is 18.8 Å². The van der Waals surface area contributed by atoms with Crippen LogP contribution in [0, 0.1) is 0 Å². The van der Waals surface area contributed by atoms with Gasteiger partial charge in [0.1, 0.15) is 11.9 Å². The molecule has 1 aromatic heterocycles. The molecule has 0 saturated heterocycles. The van der Waals surface area contributed by atoms with E-state index in [0.717, 1.165) is 0 Å². The number of carbonyl (C=O) groups is 1. The van der Waals surface area contributed by atoms with Gasteiger partial charge in [-0.15, -0.1) is 11.6 Å². The number of amides is 1. The van der Waals surface area contributed by atoms with Gasteiger partial charge in [0.15, 0.2) is 0 Å². The van der Waals surface area contributed by atoms with E-state index in [9.17, 15) is 9.59 Å². The van der Waals surface area contributed by atoms with Crippen molar-refractivity contribution in [2.45, 2.75) is 18.8 Å². The van der Waals surface area contributed by atoms with Crippen LogP contribution in [-0.4, -0.2) is 15.5 Å². The number of primary amides is 1. The molecule has 1 unspecified atom stereocenters. The fourth-order valence-electron chi connectivity index (χ4n) is 1.81. The van der Waals surface area contributed by atoms with Gasteiger partial charge in [0.2, 0.25) is 5.91 Å². The summed E-state index contributed by atoms with van der Waals surface area (Å²) in [5.74, 6) is -0.218. The minimum atomic E-state index is -0.775. The number of nitrogens with two attached hydrogens (primary N) is 1. The van der Waals surface area contributed by atoms with Crippen molar-refractivity contribution in [1.82, 2.24) is 9.55 Å². The summed E-state index contributed by atoms with van der Waals surface area (Å²) in [6.45, 7) is 1.55. The summed E-state index contributed by atoms with van der Waals surface area (Å²) >= 11 is 5.78. The summed E-state index contributed by atoms with van der Waals surface area (Å²) in [7, 11) is 0. The molecule has 2 N–H and O–H groups in total. The first-order chi connectivity index (χ1) is 8.56. The van der Waals surface area contributed by atoms with E-state index in [1.54, 1.807) is 31.2 Å². The van der Waals surface area contributed by atoms with E-state index in [-0.39, 0.29) is 11.4 Å². The normalized spacial score (nSPS) is 12.6. The topological polar surface area (TPSA) is 78.0 Å². The van der Waals surface area contributed by atoms with Crippen molar-refractivity contribution in [3.8, 4) is 0 Å². The molecule has 5 nitrogen and oxygen atoms in total. The maximum absolute atomic E-state index is 12.3. The van der Waals surface area contributed by atoms with Gasteiger partial charge >= 0.3 is 0 Å². The number of aromatic nitrogens is 2. The summed E-state index contributed by atoms with van der Waals surface area (Å²) in [6, 6.07) is 6.14. The predicted molar refractivity (Wildman–Crippen MR) is 69.5 cm³/mol. The number of benzene rings is 1. The van der Waals surface area contributed by atoms with Gasteiger partial charge in [-0.1, -0.05) is 12.1 Å². The van der Waals surface area contributed by atoms with Crippen molar-refractivity contribution in [3.05, 3.63) is 40.4 Å². The van der Waals surface area contributed by atoms with Gasteiger partial charge in [0.05, 0.1) is 16.8 Å². The summed E-state index contributed by atoms with van der Waals surface area (Å²) in [4.78, 5) is 27.8. The van der Waals surface area contributed by atoms with Crippen LogP contribution in [0.5, 0.6) is 0 Å². The van der Waals surface area contributed by atoms with E-state index in [1.165, 1.54) is 4.57 Å². The second-order valence-corrected chi connectivity index (χ2v) is 4.20. The molecule has 1 heterocycles. The molecule has 2 aromatic rings. The molecule has 0 saturated carbocycles. The highest BCUT2D eigenvalue weighted by molar-refractivity contribution is 6.16. The van der Waals surface area contributed by atoms with Crippen LogP contribution < -0.4 is 11.3 Å². The monoisotopic (exact) mass is 265 g/mol. The third-order valence-corrected chi connectivity index (χ3v) is 3.04. The first-order valence-corrected chi connectivity index (χ1v) is 5.95. The zero-order chi connectivity index (χ0) is 13.3. The number of hydrogen-bond acceptors (Lipinski definition) is 3. The second-order valence-electron chi connectivity index (χ2n) is 3.93. The van der Waals surface area contributed by atoms with Crippen LogP contribution in [0.3, 0.4) is 0 Å². The highest BCUT2D eigenvalue weighted by Crippen LogP contribution is 2.13. The number of rotatable bonds is 3. The first kappa shape index (κ1) is 12.6. The van der Waals surface area contributed by atoms with Crippen LogP contribution in [0.25, 0.3) is 10.9 Å². The van der Waals surface area contributed by atoms with E-state index in [1.807, 2.05) is 0 Å². The highest BCUT2D eigenvalue weighted by atomic mass is 35.5. The maximum atomic E-state index is 12.3. The molecule has 1 aromatic carbocycles. The minimum absolute atomic E-state index is 0.0394. The van der Waals surface area contributed by atoms with Gasteiger partial charge < -0.3 is 5.73 Å². The Bertz CT molecular complexity index is 666. The Morgan fingerprint density at radius 3 is 2.78 bits per heavy atom. The quantitative estimate of drug-likeness (QED) is 0.847. The Labute approximate surface area is 108 Å². The smallest absolute Gasteiger partial charge is 0.262 e. The second kappa shape index (κ2) is 4.78. The molecule has 0 aliphatic heterocycles. The van der Waals surface area contributed by atoms with Crippen LogP contribution in [0.2, 0.25) is 0 Å². The largest absolute Gasteiger partial charge is 0.368 e. The van der Waals surface area contributed by atoms with Crippen molar-refractivity contribution in [2.24, 2.45) is 5.73 Å². The van der Waals surface area contributed by atoms with E-state index < -0.39 is 11.9 Å². The molecule has 0 spiro atoms. The lowest BCUT2D eigenvalue weighted by atomic mass is 10.2. The van der Waals surface area contributed by atoms with E-state index in [2.05, 4.69) is 4.98 Å². The number of fused-ring (bicyclic) bond motifs is 1. The molecule has 0 aliphatic rings. The molecule has 2 rings (SSSR count). The van der Waals surface area contributed by atoms with Gasteiger partial charge in [-0.3, -0.25) is 14.2 Å². The first-order valence-electron chi connectivity index (χ1n) is 5.41. The molecule has 18 heavy (non-hydrogen) atoms. The number of carbonyl (C=O) groups excluding carboxylic acids is 1. The van der Waals surface area contributed by atoms with Gasteiger partial charge in [0.25, 0.3) is 5.56 Å². The lowest BCUT2D eigenvalue weighted by Crippen LogP contribution is -2.34. The summed E-state index contributed by atoms with van der Waals surface area (Å²) in [5.41, 5.74) is 5.49. The molecule has 6 heteroatoms. The average Bonchev–Trinajstić information content (AvgIpc) is 2.37. The van der Waals surface area contributed by atoms with Crippen molar-refractivity contribution in [2.75, 3.05) is 0 Å². The third kappa shape index (κ3) is 1.97. The van der Waals surface area contributed by atoms with Crippen LogP contribution in [0.4, 0.5) is 0 Å². The van der Waals surface area contributed by atoms with Crippen LogP contribution in [-0.2, 0) is 10.7 Å². The zero-order valence-corrected chi connectivity index (χ0v) is 10.5. The number of hydrogen-bond donors (Lipinski definition) is 1. The summed E-state index contributed by atoms with van der Waals surface area (Å²) in [5, 5.41) is 0.444. The fraction of sp³-hybridized carbons (Fsp3) is 0.250. The van der Waals surface area contributed by atoms with Crippen LogP contribution >= 0.6 is 11.6 Å². The fourth-order valence-corrected chi connectivity index (χ4v) is 2.00. The van der Waals surface area contributed by atoms with E-state index >= 15 is 0 Å². The summed E-state index contributed by atoms with van der Waals surface area (Å²) < 4.78 is 1.25. The Kier molecular flexibility index (Phi) is 3.34. The molecule has 0 radical (unpaired) electrons. The van der Waals surface area contributed by atoms with Gasteiger partial charge in [0, 0.05) is 0 Å². The van der Waals surface area contributed by atoms with Gasteiger partial charge in [-0.2, -0.15) is 0 Å². The lowest BCUT2D eigenvalue weighted by Gasteiger charge is -2.16. The molecule has 0 fully saturated rings. The van der Waals surface area contributed by atoms with Crippen molar-refractivity contribution < 1.29 is 4.79 Å². The van der Waals surface area contributed by atoms with Crippen LogP contribution in [0.15, 0.2) is 29.1 Å². The third-order valence-electron chi connectivity index (χ3n) is 2.80.